The summed E-state index contributed by atoms with van der Waals surface area (Å²) in [6, 6.07) is 18.7. The van der Waals surface area contributed by atoms with E-state index in [2.05, 4.69) is 40.3 Å². The summed E-state index contributed by atoms with van der Waals surface area (Å²) in [5.41, 5.74) is 11.5. The smallest absolute Gasteiger partial charge is 0.0702 e. The fourth-order valence-corrected chi connectivity index (χ4v) is 3.06. The third-order valence-electron chi connectivity index (χ3n) is 4.09. The van der Waals surface area contributed by atoms with E-state index < -0.39 is 0 Å². The van der Waals surface area contributed by atoms with Gasteiger partial charge in [-0.2, -0.15) is 0 Å². The van der Waals surface area contributed by atoms with Gasteiger partial charge in [0.05, 0.1) is 11.2 Å². The maximum Gasteiger partial charge on any atom is 0.0702 e. The average Bonchev–Trinajstić information content (AvgIpc) is 2.94. The van der Waals surface area contributed by atoms with Crippen LogP contribution in [0.5, 0.6) is 0 Å². The lowest BCUT2D eigenvalue weighted by molar-refractivity contribution is 0.978. The standard InChI is InChI=1S/C19H17N3.ClH/c20-10-9-16-15-6-2-4-8-18(15)22-19(16)14-11-13-5-1-3-7-17(13)21-12-14;/h1-8,11-12,22H,9-10,20H2;1H. The van der Waals surface area contributed by atoms with Gasteiger partial charge in [-0.25, -0.2) is 0 Å². The van der Waals surface area contributed by atoms with Crippen LogP contribution in [0.4, 0.5) is 0 Å². The SMILES string of the molecule is Cl.NCCc1c(-c2cnc3ccccc3c2)[nH]c2ccccc12. The van der Waals surface area contributed by atoms with Crippen LogP contribution >= 0.6 is 12.4 Å². The summed E-state index contributed by atoms with van der Waals surface area (Å²) in [5, 5.41) is 2.40. The summed E-state index contributed by atoms with van der Waals surface area (Å²) in [6.07, 6.45) is 2.79. The summed E-state index contributed by atoms with van der Waals surface area (Å²) < 4.78 is 0. The van der Waals surface area contributed by atoms with Crippen molar-refractivity contribution in [3.63, 3.8) is 0 Å². The van der Waals surface area contributed by atoms with Crippen LogP contribution in [0.1, 0.15) is 5.56 Å². The van der Waals surface area contributed by atoms with Crippen LogP contribution in [0.15, 0.2) is 60.8 Å². The number of pyridine rings is 1. The number of para-hydroxylation sites is 2. The number of H-pyrrole nitrogens is 1. The zero-order valence-corrected chi connectivity index (χ0v) is 13.4. The molecule has 2 heterocycles. The number of aromatic amines is 1. The van der Waals surface area contributed by atoms with E-state index in [9.17, 15) is 0 Å². The molecule has 0 fully saturated rings. The molecule has 4 heteroatoms. The molecule has 0 aliphatic rings. The van der Waals surface area contributed by atoms with E-state index in [1.54, 1.807) is 0 Å². The van der Waals surface area contributed by atoms with Crippen LogP contribution in [0.2, 0.25) is 0 Å². The van der Waals surface area contributed by atoms with Crippen LogP contribution in [-0.2, 0) is 6.42 Å². The molecule has 0 spiro atoms. The molecule has 2 aromatic carbocycles. The maximum atomic E-state index is 5.82. The Morgan fingerprint density at radius 1 is 1.00 bits per heavy atom. The highest BCUT2D eigenvalue weighted by Gasteiger charge is 2.12. The Kier molecular flexibility index (Phi) is 4.33. The van der Waals surface area contributed by atoms with E-state index in [1.807, 2.05) is 30.5 Å². The quantitative estimate of drug-likeness (QED) is 0.590. The zero-order valence-electron chi connectivity index (χ0n) is 12.6. The Morgan fingerprint density at radius 3 is 2.65 bits per heavy atom. The summed E-state index contributed by atoms with van der Waals surface area (Å²) in [5.74, 6) is 0. The van der Waals surface area contributed by atoms with Gasteiger partial charge in [-0.05, 0) is 36.7 Å². The van der Waals surface area contributed by atoms with Crippen molar-refractivity contribution in [3.05, 3.63) is 66.4 Å². The second-order valence-electron chi connectivity index (χ2n) is 5.48. The summed E-state index contributed by atoms with van der Waals surface area (Å²) in [7, 11) is 0. The van der Waals surface area contributed by atoms with Crippen molar-refractivity contribution >= 4 is 34.2 Å². The van der Waals surface area contributed by atoms with Gasteiger partial charge in [-0.15, -0.1) is 12.4 Å². The van der Waals surface area contributed by atoms with E-state index in [4.69, 9.17) is 5.73 Å². The zero-order chi connectivity index (χ0) is 14.9. The number of aromatic nitrogens is 2. The Morgan fingerprint density at radius 2 is 1.78 bits per heavy atom. The Hall–Kier alpha value is -2.36. The topological polar surface area (TPSA) is 54.7 Å². The number of nitrogens with one attached hydrogen (secondary N) is 1. The molecule has 4 aromatic rings. The molecule has 0 atom stereocenters. The van der Waals surface area contributed by atoms with Gasteiger partial charge in [0.15, 0.2) is 0 Å². The third-order valence-corrected chi connectivity index (χ3v) is 4.09. The molecule has 3 nitrogen and oxygen atoms in total. The monoisotopic (exact) mass is 323 g/mol. The van der Waals surface area contributed by atoms with Crippen LogP contribution < -0.4 is 5.73 Å². The second-order valence-corrected chi connectivity index (χ2v) is 5.48. The molecule has 0 radical (unpaired) electrons. The molecule has 0 bridgehead atoms. The molecule has 0 aliphatic carbocycles. The van der Waals surface area contributed by atoms with Crippen molar-refractivity contribution in [3.8, 4) is 11.3 Å². The van der Waals surface area contributed by atoms with Crippen molar-refractivity contribution < 1.29 is 0 Å². The molecular weight excluding hydrogens is 306 g/mol. The molecule has 0 saturated carbocycles. The molecule has 23 heavy (non-hydrogen) atoms. The van der Waals surface area contributed by atoms with Gasteiger partial charge in [0.1, 0.15) is 0 Å². The largest absolute Gasteiger partial charge is 0.354 e. The van der Waals surface area contributed by atoms with Crippen LogP contribution in [-0.4, -0.2) is 16.5 Å². The van der Waals surface area contributed by atoms with E-state index in [0.29, 0.717) is 6.54 Å². The fraction of sp³-hybridized carbons (Fsp3) is 0.105. The average molecular weight is 324 g/mol. The number of nitrogens with zero attached hydrogens (tertiary/aromatic N) is 1. The van der Waals surface area contributed by atoms with E-state index >= 15 is 0 Å². The van der Waals surface area contributed by atoms with Crippen molar-refractivity contribution in [2.24, 2.45) is 5.73 Å². The van der Waals surface area contributed by atoms with Crippen molar-refractivity contribution in [1.29, 1.82) is 0 Å². The minimum atomic E-state index is 0. The van der Waals surface area contributed by atoms with Crippen LogP contribution in [0.3, 0.4) is 0 Å². The first-order valence-electron chi connectivity index (χ1n) is 7.51. The number of hydrogen-bond donors (Lipinski definition) is 2. The lowest BCUT2D eigenvalue weighted by Crippen LogP contribution is -2.03. The summed E-state index contributed by atoms with van der Waals surface area (Å²) in [6.45, 7) is 0.635. The van der Waals surface area contributed by atoms with Crippen molar-refractivity contribution in [2.75, 3.05) is 6.54 Å². The maximum absolute atomic E-state index is 5.82. The Balaban J connectivity index is 0.00000156. The summed E-state index contributed by atoms with van der Waals surface area (Å²) in [4.78, 5) is 8.11. The first kappa shape index (κ1) is 15.5. The lowest BCUT2D eigenvalue weighted by atomic mass is 10.0. The Bertz CT molecular complexity index is 959. The normalized spacial score (nSPS) is 10.8. The molecule has 3 N–H and O–H groups in total. The summed E-state index contributed by atoms with van der Waals surface area (Å²) >= 11 is 0. The first-order valence-corrected chi connectivity index (χ1v) is 7.51. The minimum Gasteiger partial charge on any atom is -0.354 e. The van der Waals surface area contributed by atoms with Gasteiger partial charge < -0.3 is 10.7 Å². The highest BCUT2D eigenvalue weighted by atomic mass is 35.5. The van der Waals surface area contributed by atoms with Gasteiger partial charge in [-0.1, -0.05) is 36.4 Å². The number of nitrogens with two attached hydrogens (primary N) is 1. The predicted molar refractivity (Wildman–Crippen MR) is 99.0 cm³/mol. The van der Waals surface area contributed by atoms with E-state index in [1.165, 1.54) is 10.9 Å². The number of halogens is 1. The molecule has 116 valence electrons. The van der Waals surface area contributed by atoms with Crippen LogP contribution in [0, 0.1) is 0 Å². The van der Waals surface area contributed by atoms with Crippen molar-refractivity contribution in [1.82, 2.24) is 9.97 Å². The lowest BCUT2D eigenvalue weighted by Gasteiger charge is -2.05. The van der Waals surface area contributed by atoms with Gasteiger partial charge in [0.2, 0.25) is 0 Å². The predicted octanol–water partition coefficient (Wildman–Crippen LogP) is 4.31. The van der Waals surface area contributed by atoms with Gasteiger partial charge in [0, 0.05) is 28.0 Å². The highest BCUT2D eigenvalue weighted by molar-refractivity contribution is 5.92. The molecule has 0 saturated heterocycles. The van der Waals surface area contributed by atoms with Gasteiger partial charge in [-0.3, -0.25) is 4.98 Å². The van der Waals surface area contributed by atoms with Gasteiger partial charge >= 0.3 is 0 Å². The van der Waals surface area contributed by atoms with E-state index in [0.717, 1.165) is 34.1 Å². The number of fused-ring (bicyclic) bond motifs is 2. The van der Waals surface area contributed by atoms with Crippen LogP contribution in [0.25, 0.3) is 33.1 Å². The first-order chi connectivity index (χ1) is 10.9. The van der Waals surface area contributed by atoms with E-state index in [-0.39, 0.29) is 12.4 Å². The van der Waals surface area contributed by atoms with Gasteiger partial charge in [0.25, 0.3) is 0 Å². The number of rotatable bonds is 3. The number of hydrogen-bond acceptors (Lipinski definition) is 2. The second kappa shape index (κ2) is 6.41. The number of benzene rings is 2. The highest BCUT2D eigenvalue weighted by Crippen LogP contribution is 2.31. The van der Waals surface area contributed by atoms with Crippen molar-refractivity contribution in [2.45, 2.75) is 6.42 Å². The molecule has 0 amide bonds. The third kappa shape index (κ3) is 2.69. The Labute approximate surface area is 141 Å². The molecule has 2 aromatic heterocycles. The molecule has 0 aliphatic heterocycles. The molecule has 4 rings (SSSR count). The minimum absolute atomic E-state index is 0. The fourth-order valence-electron chi connectivity index (χ4n) is 3.06. The molecular formula is C19H18ClN3. The molecule has 0 unspecified atom stereocenters.